The Morgan fingerprint density at radius 2 is 2.18 bits per heavy atom. The van der Waals surface area contributed by atoms with Gasteiger partial charge in [-0.1, -0.05) is 42.3 Å². The minimum absolute atomic E-state index is 0.0362. The van der Waals surface area contributed by atoms with Crippen molar-refractivity contribution < 1.29 is 4.79 Å². The fraction of sp³-hybridized carbons (Fsp3) is 0.267. The number of likely N-dealkylation sites (N-methyl/N-ethyl adjacent to an activating group) is 1. The molecule has 0 saturated carbocycles. The average Bonchev–Trinajstić information content (AvgIpc) is 2.36. The Balaban J connectivity index is 2.90. The Kier molecular flexibility index (Phi) is 5.03. The maximum atomic E-state index is 12.2. The SMILES string of the molecule is C#CCN(C)C(=O)C(CC=C)c1ccccc1. The van der Waals surface area contributed by atoms with E-state index in [9.17, 15) is 4.79 Å². The van der Waals surface area contributed by atoms with E-state index in [0.29, 0.717) is 13.0 Å². The lowest BCUT2D eigenvalue weighted by molar-refractivity contribution is -0.130. The van der Waals surface area contributed by atoms with Gasteiger partial charge in [-0.25, -0.2) is 0 Å². The van der Waals surface area contributed by atoms with Crippen LogP contribution >= 0.6 is 0 Å². The minimum atomic E-state index is -0.188. The standard InChI is InChI=1S/C15H17NO/c1-4-9-14(13-10-7-6-8-11-13)15(17)16(3)12-5-2/h2,4,6-8,10-11,14H,1,9,12H2,3H3. The Hall–Kier alpha value is -2.01. The second-order valence-electron chi connectivity index (χ2n) is 3.89. The van der Waals surface area contributed by atoms with E-state index in [0.717, 1.165) is 5.56 Å². The summed E-state index contributed by atoms with van der Waals surface area (Å²) in [6, 6.07) is 9.70. The first-order chi connectivity index (χ1) is 8.20. The Bertz CT molecular complexity index is 416. The normalized spacial score (nSPS) is 11.3. The third-order valence-corrected chi connectivity index (χ3v) is 2.61. The van der Waals surface area contributed by atoms with E-state index in [1.165, 1.54) is 0 Å². The number of carbonyl (C=O) groups is 1. The van der Waals surface area contributed by atoms with Crippen molar-refractivity contribution in [1.82, 2.24) is 4.90 Å². The molecule has 0 aliphatic heterocycles. The van der Waals surface area contributed by atoms with Crippen molar-refractivity contribution in [3.05, 3.63) is 48.6 Å². The molecule has 0 bridgehead atoms. The van der Waals surface area contributed by atoms with Gasteiger partial charge in [-0.05, 0) is 12.0 Å². The van der Waals surface area contributed by atoms with Gasteiger partial charge in [0.15, 0.2) is 0 Å². The zero-order valence-electron chi connectivity index (χ0n) is 10.1. The fourth-order valence-corrected chi connectivity index (χ4v) is 1.71. The predicted molar refractivity (Wildman–Crippen MR) is 70.5 cm³/mol. The molecule has 1 amide bonds. The summed E-state index contributed by atoms with van der Waals surface area (Å²) in [5.41, 5.74) is 1.00. The van der Waals surface area contributed by atoms with Gasteiger partial charge in [-0.15, -0.1) is 13.0 Å². The average molecular weight is 227 g/mol. The third-order valence-electron chi connectivity index (χ3n) is 2.61. The molecule has 0 fully saturated rings. The van der Waals surface area contributed by atoms with Crippen LogP contribution in [0.2, 0.25) is 0 Å². The van der Waals surface area contributed by atoms with Crippen LogP contribution in [0.3, 0.4) is 0 Å². The largest absolute Gasteiger partial charge is 0.334 e. The van der Waals surface area contributed by atoms with Crippen LogP contribution in [-0.4, -0.2) is 24.4 Å². The number of carbonyl (C=O) groups excluding carboxylic acids is 1. The van der Waals surface area contributed by atoms with Gasteiger partial charge in [0.05, 0.1) is 12.5 Å². The molecule has 88 valence electrons. The highest BCUT2D eigenvalue weighted by Crippen LogP contribution is 2.22. The first kappa shape index (κ1) is 13.1. The second-order valence-corrected chi connectivity index (χ2v) is 3.89. The van der Waals surface area contributed by atoms with Crippen molar-refractivity contribution in [2.75, 3.05) is 13.6 Å². The van der Waals surface area contributed by atoms with Gasteiger partial charge in [0.2, 0.25) is 5.91 Å². The molecule has 2 heteroatoms. The van der Waals surface area contributed by atoms with Crippen molar-refractivity contribution in [2.45, 2.75) is 12.3 Å². The fourth-order valence-electron chi connectivity index (χ4n) is 1.71. The highest BCUT2D eigenvalue weighted by atomic mass is 16.2. The lowest BCUT2D eigenvalue weighted by Gasteiger charge is -2.21. The number of amides is 1. The molecule has 1 rings (SSSR count). The van der Waals surface area contributed by atoms with Gasteiger partial charge >= 0.3 is 0 Å². The molecule has 0 aliphatic carbocycles. The van der Waals surface area contributed by atoms with Crippen LogP contribution in [0, 0.1) is 12.3 Å². The van der Waals surface area contributed by atoms with Crippen LogP contribution in [0.1, 0.15) is 17.9 Å². The van der Waals surface area contributed by atoms with Gasteiger partial charge in [-0.2, -0.15) is 0 Å². The summed E-state index contributed by atoms with van der Waals surface area (Å²) in [5.74, 6) is 2.32. The van der Waals surface area contributed by atoms with Crippen molar-refractivity contribution in [1.29, 1.82) is 0 Å². The maximum absolute atomic E-state index is 12.2. The number of nitrogens with zero attached hydrogens (tertiary/aromatic N) is 1. The van der Waals surface area contributed by atoms with Gasteiger partial charge < -0.3 is 4.90 Å². The number of rotatable bonds is 5. The number of hydrogen-bond donors (Lipinski definition) is 0. The number of benzene rings is 1. The molecule has 17 heavy (non-hydrogen) atoms. The zero-order valence-corrected chi connectivity index (χ0v) is 10.1. The van der Waals surface area contributed by atoms with Crippen molar-refractivity contribution in [3.8, 4) is 12.3 Å². The predicted octanol–water partition coefficient (Wildman–Crippen LogP) is 2.44. The monoisotopic (exact) mass is 227 g/mol. The van der Waals surface area contributed by atoms with Gasteiger partial charge in [0, 0.05) is 7.05 Å². The molecule has 1 aromatic rings. The number of terminal acetylenes is 1. The third kappa shape index (κ3) is 3.49. The Labute approximate surface area is 103 Å². The molecule has 2 nitrogen and oxygen atoms in total. The van der Waals surface area contributed by atoms with Gasteiger partial charge in [0.25, 0.3) is 0 Å². The summed E-state index contributed by atoms with van der Waals surface area (Å²) >= 11 is 0. The molecule has 0 aromatic heterocycles. The number of allylic oxidation sites excluding steroid dienone is 1. The summed E-state index contributed by atoms with van der Waals surface area (Å²) in [7, 11) is 1.72. The second kappa shape index (κ2) is 6.55. The quantitative estimate of drug-likeness (QED) is 0.559. The van der Waals surface area contributed by atoms with Crippen molar-refractivity contribution in [3.63, 3.8) is 0 Å². The van der Waals surface area contributed by atoms with Crippen LogP contribution in [0.4, 0.5) is 0 Å². The van der Waals surface area contributed by atoms with Crippen molar-refractivity contribution in [2.24, 2.45) is 0 Å². The summed E-state index contributed by atoms with van der Waals surface area (Å²) in [6.45, 7) is 4.04. The van der Waals surface area contributed by atoms with Crippen LogP contribution in [0.25, 0.3) is 0 Å². The summed E-state index contributed by atoms with van der Waals surface area (Å²) in [5, 5.41) is 0. The van der Waals surface area contributed by atoms with Gasteiger partial charge in [0.1, 0.15) is 0 Å². The van der Waals surface area contributed by atoms with E-state index < -0.39 is 0 Å². The van der Waals surface area contributed by atoms with E-state index in [-0.39, 0.29) is 11.8 Å². The molecule has 0 N–H and O–H groups in total. The molecule has 1 atom stereocenters. The summed E-state index contributed by atoms with van der Waals surface area (Å²) in [4.78, 5) is 13.8. The molecule has 0 radical (unpaired) electrons. The van der Waals surface area contributed by atoms with Crippen LogP contribution < -0.4 is 0 Å². The van der Waals surface area contributed by atoms with Crippen LogP contribution in [0.5, 0.6) is 0 Å². The van der Waals surface area contributed by atoms with E-state index in [1.54, 1.807) is 18.0 Å². The first-order valence-electron chi connectivity index (χ1n) is 5.55. The van der Waals surface area contributed by atoms with Crippen LogP contribution in [-0.2, 0) is 4.79 Å². The van der Waals surface area contributed by atoms with E-state index in [1.807, 2.05) is 30.3 Å². The topological polar surface area (TPSA) is 20.3 Å². The summed E-state index contributed by atoms with van der Waals surface area (Å²) < 4.78 is 0. The Morgan fingerprint density at radius 3 is 2.71 bits per heavy atom. The molecule has 0 saturated heterocycles. The minimum Gasteiger partial charge on any atom is -0.334 e. The first-order valence-corrected chi connectivity index (χ1v) is 5.55. The molecular weight excluding hydrogens is 210 g/mol. The zero-order chi connectivity index (χ0) is 12.7. The highest BCUT2D eigenvalue weighted by Gasteiger charge is 2.21. The number of hydrogen-bond acceptors (Lipinski definition) is 1. The molecular formula is C15H17NO. The molecule has 1 unspecified atom stereocenters. The molecule has 0 spiro atoms. The lowest BCUT2D eigenvalue weighted by atomic mass is 9.94. The highest BCUT2D eigenvalue weighted by molar-refractivity contribution is 5.83. The van der Waals surface area contributed by atoms with E-state index in [4.69, 9.17) is 6.42 Å². The lowest BCUT2D eigenvalue weighted by Crippen LogP contribution is -2.31. The van der Waals surface area contributed by atoms with E-state index in [2.05, 4.69) is 12.5 Å². The maximum Gasteiger partial charge on any atom is 0.230 e. The van der Waals surface area contributed by atoms with E-state index >= 15 is 0 Å². The Morgan fingerprint density at radius 1 is 1.53 bits per heavy atom. The van der Waals surface area contributed by atoms with Crippen LogP contribution in [0.15, 0.2) is 43.0 Å². The molecule has 1 aromatic carbocycles. The van der Waals surface area contributed by atoms with Gasteiger partial charge in [-0.3, -0.25) is 4.79 Å². The smallest absolute Gasteiger partial charge is 0.230 e. The molecule has 0 aliphatic rings. The molecule has 0 heterocycles. The summed E-state index contributed by atoms with van der Waals surface area (Å²) in [6.07, 6.45) is 7.60. The van der Waals surface area contributed by atoms with Crippen molar-refractivity contribution >= 4 is 5.91 Å².